The van der Waals surface area contributed by atoms with Crippen molar-refractivity contribution in [1.29, 1.82) is 0 Å². The average Bonchev–Trinajstić information content (AvgIpc) is 2.83. The Morgan fingerprint density at radius 1 is 1.33 bits per heavy atom. The van der Waals surface area contributed by atoms with Crippen LogP contribution in [0.25, 0.3) is 11.0 Å². The lowest BCUT2D eigenvalue weighted by molar-refractivity contribution is -0.133. The third-order valence-corrected chi connectivity index (χ3v) is 3.33. The van der Waals surface area contributed by atoms with Crippen LogP contribution in [0.1, 0.15) is 26.8 Å². The molecule has 0 aliphatic heterocycles. The fourth-order valence-corrected chi connectivity index (χ4v) is 2.21. The third kappa shape index (κ3) is 2.10. The molecular weight excluding hydrogens is 226 g/mol. The highest BCUT2D eigenvalue weighted by molar-refractivity contribution is 5.83. The minimum absolute atomic E-state index is 0.142. The number of benzene rings is 1. The van der Waals surface area contributed by atoms with Gasteiger partial charge >= 0.3 is 0 Å². The molecule has 0 saturated heterocycles. The van der Waals surface area contributed by atoms with E-state index in [4.69, 9.17) is 0 Å². The number of hydrogen-bond acceptors (Lipinski definition) is 2. The molecule has 1 heterocycles. The van der Waals surface area contributed by atoms with Gasteiger partial charge in [0.2, 0.25) is 5.91 Å². The van der Waals surface area contributed by atoms with E-state index >= 15 is 0 Å². The Labute approximate surface area is 107 Å². The summed E-state index contributed by atoms with van der Waals surface area (Å²) in [5.41, 5.74) is 1.93. The van der Waals surface area contributed by atoms with Crippen molar-refractivity contribution in [2.45, 2.75) is 26.8 Å². The largest absolute Gasteiger partial charge is 0.341 e. The lowest BCUT2D eigenvalue weighted by atomic mass is 10.2. The summed E-state index contributed by atoms with van der Waals surface area (Å²) >= 11 is 0. The predicted octanol–water partition coefficient (Wildman–Crippen LogP) is 2.47. The predicted molar refractivity (Wildman–Crippen MR) is 72.4 cm³/mol. The molecule has 1 aromatic carbocycles. The van der Waals surface area contributed by atoms with Gasteiger partial charge in [0, 0.05) is 13.1 Å². The molecule has 1 unspecified atom stereocenters. The van der Waals surface area contributed by atoms with E-state index in [0.29, 0.717) is 0 Å². The minimum Gasteiger partial charge on any atom is -0.341 e. The second kappa shape index (κ2) is 5.21. The number of carbonyl (C=O) groups excluding carboxylic acids is 1. The van der Waals surface area contributed by atoms with Gasteiger partial charge in [0.25, 0.3) is 0 Å². The maximum atomic E-state index is 12.3. The highest BCUT2D eigenvalue weighted by atomic mass is 16.2. The lowest BCUT2D eigenvalue weighted by Crippen LogP contribution is -2.35. The van der Waals surface area contributed by atoms with Crippen LogP contribution in [-0.2, 0) is 4.79 Å². The van der Waals surface area contributed by atoms with Crippen molar-refractivity contribution in [2.24, 2.45) is 0 Å². The van der Waals surface area contributed by atoms with Gasteiger partial charge in [-0.05, 0) is 32.9 Å². The van der Waals surface area contributed by atoms with Gasteiger partial charge in [0.05, 0.1) is 17.4 Å². The summed E-state index contributed by atoms with van der Waals surface area (Å²) < 4.78 is 1.94. The molecule has 1 aromatic heterocycles. The monoisotopic (exact) mass is 245 g/mol. The van der Waals surface area contributed by atoms with Gasteiger partial charge in [-0.1, -0.05) is 12.1 Å². The summed E-state index contributed by atoms with van der Waals surface area (Å²) in [6.07, 6.45) is 1.75. The van der Waals surface area contributed by atoms with Crippen molar-refractivity contribution in [3.8, 4) is 0 Å². The van der Waals surface area contributed by atoms with Crippen molar-refractivity contribution in [1.82, 2.24) is 14.5 Å². The van der Waals surface area contributed by atoms with E-state index in [9.17, 15) is 4.79 Å². The summed E-state index contributed by atoms with van der Waals surface area (Å²) in [5, 5.41) is 0. The van der Waals surface area contributed by atoms with Crippen molar-refractivity contribution in [2.75, 3.05) is 13.1 Å². The molecule has 2 aromatic rings. The van der Waals surface area contributed by atoms with Crippen LogP contribution in [0.3, 0.4) is 0 Å². The number of carbonyl (C=O) groups is 1. The van der Waals surface area contributed by atoms with E-state index in [1.807, 2.05) is 54.5 Å². The van der Waals surface area contributed by atoms with Crippen LogP contribution >= 0.6 is 0 Å². The van der Waals surface area contributed by atoms with Gasteiger partial charge in [-0.15, -0.1) is 0 Å². The zero-order valence-corrected chi connectivity index (χ0v) is 11.1. The fourth-order valence-electron chi connectivity index (χ4n) is 2.21. The van der Waals surface area contributed by atoms with E-state index in [0.717, 1.165) is 24.1 Å². The first-order valence-electron chi connectivity index (χ1n) is 6.39. The van der Waals surface area contributed by atoms with Crippen molar-refractivity contribution in [3.63, 3.8) is 0 Å². The van der Waals surface area contributed by atoms with Crippen LogP contribution in [0.4, 0.5) is 0 Å². The van der Waals surface area contributed by atoms with Crippen LogP contribution in [0.5, 0.6) is 0 Å². The molecule has 0 aliphatic carbocycles. The molecule has 18 heavy (non-hydrogen) atoms. The summed E-state index contributed by atoms with van der Waals surface area (Å²) in [7, 11) is 0. The van der Waals surface area contributed by atoms with E-state index in [2.05, 4.69) is 4.98 Å². The van der Waals surface area contributed by atoms with Crippen LogP contribution in [0.2, 0.25) is 0 Å². The molecule has 4 nitrogen and oxygen atoms in total. The van der Waals surface area contributed by atoms with Crippen LogP contribution in [0.15, 0.2) is 30.6 Å². The standard InChI is InChI=1S/C14H19N3O/c1-4-16(5-2)14(18)11(3)17-10-15-12-8-6-7-9-13(12)17/h6-11H,4-5H2,1-3H3. The Hall–Kier alpha value is -1.84. The Bertz CT molecular complexity index is 543. The van der Waals surface area contributed by atoms with E-state index < -0.39 is 0 Å². The molecule has 0 fully saturated rings. The summed E-state index contributed by atoms with van der Waals surface area (Å²) in [4.78, 5) is 18.5. The number of fused-ring (bicyclic) bond motifs is 1. The van der Waals surface area contributed by atoms with Gasteiger partial charge < -0.3 is 9.47 Å². The highest BCUT2D eigenvalue weighted by Gasteiger charge is 2.20. The Balaban J connectivity index is 2.33. The fraction of sp³-hybridized carbons (Fsp3) is 0.429. The van der Waals surface area contributed by atoms with E-state index in [1.165, 1.54) is 0 Å². The molecule has 2 rings (SSSR count). The van der Waals surface area contributed by atoms with E-state index in [-0.39, 0.29) is 11.9 Å². The van der Waals surface area contributed by atoms with Gasteiger partial charge in [0.1, 0.15) is 6.04 Å². The zero-order chi connectivity index (χ0) is 13.1. The number of para-hydroxylation sites is 2. The maximum absolute atomic E-state index is 12.3. The first-order chi connectivity index (χ1) is 8.69. The molecule has 0 radical (unpaired) electrons. The minimum atomic E-state index is -0.211. The first-order valence-corrected chi connectivity index (χ1v) is 6.39. The molecule has 0 saturated carbocycles. The lowest BCUT2D eigenvalue weighted by Gasteiger charge is -2.23. The first kappa shape index (κ1) is 12.6. The Morgan fingerprint density at radius 2 is 2.00 bits per heavy atom. The number of amides is 1. The van der Waals surface area contributed by atoms with Gasteiger partial charge in [-0.2, -0.15) is 0 Å². The van der Waals surface area contributed by atoms with Gasteiger partial charge in [-0.3, -0.25) is 4.79 Å². The zero-order valence-electron chi connectivity index (χ0n) is 11.1. The number of aromatic nitrogens is 2. The normalized spacial score (nSPS) is 12.6. The molecule has 1 atom stereocenters. The number of imidazole rings is 1. The third-order valence-electron chi connectivity index (χ3n) is 3.33. The number of hydrogen-bond donors (Lipinski definition) is 0. The molecule has 0 bridgehead atoms. The van der Waals surface area contributed by atoms with Crippen molar-refractivity contribution < 1.29 is 4.79 Å². The summed E-state index contributed by atoms with van der Waals surface area (Å²) in [6, 6.07) is 7.66. The Morgan fingerprint density at radius 3 is 2.67 bits per heavy atom. The number of rotatable bonds is 4. The Kier molecular flexibility index (Phi) is 3.65. The molecule has 0 spiro atoms. The number of nitrogens with zero attached hydrogens (tertiary/aromatic N) is 3. The molecule has 1 amide bonds. The summed E-state index contributed by atoms with van der Waals surface area (Å²) in [6.45, 7) is 7.41. The second-order valence-electron chi connectivity index (χ2n) is 4.33. The van der Waals surface area contributed by atoms with Crippen LogP contribution in [0, 0.1) is 0 Å². The molecular formula is C14H19N3O. The smallest absolute Gasteiger partial charge is 0.245 e. The highest BCUT2D eigenvalue weighted by Crippen LogP contribution is 2.18. The van der Waals surface area contributed by atoms with Gasteiger partial charge in [0.15, 0.2) is 0 Å². The maximum Gasteiger partial charge on any atom is 0.245 e. The molecule has 96 valence electrons. The van der Waals surface area contributed by atoms with Crippen LogP contribution in [-0.4, -0.2) is 33.4 Å². The average molecular weight is 245 g/mol. The molecule has 4 heteroatoms. The van der Waals surface area contributed by atoms with Crippen molar-refractivity contribution >= 4 is 16.9 Å². The van der Waals surface area contributed by atoms with Gasteiger partial charge in [-0.25, -0.2) is 4.98 Å². The number of likely N-dealkylation sites (N-methyl/N-ethyl adjacent to an activating group) is 1. The molecule has 0 N–H and O–H groups in total. The van der Waals surface area contributed by atoms with Crippen LogP contribution < -0.4 is 0 Å². The molecule has 0 aliphatic rings. The topological polar surface area (TPSA) is 38.1 Å². The van der Waals surface area contributed by atoms with E-state index in [1.54, 1.807) is 6.33 Å². The quantitative estimate of drug-likeness (QED) is 0.830. The second-order valence-corrected chi connectivity index (χ2v) is 4.33. The summed E-state index contributed by atoms with van der Waals surface area (Å²) in [5.74, 6) is 0.142. The van der Waals surface area contributed by atoms with Crippen molar-refractivity contribution in [3.05, 3.63) is 30.6 Å². The SMILES string of the molecule is CCN(CC)C(=O)C(C)n1cnc2ccccc21.